The average molecular weight is 366 g/mol. The van der Waals surface area contributed by atoms with Gasteiger partial charge in [0.15, 0.2) is 0 Å². The fourth-order valence-corrected chi connectivity index (χ4v) is 4.74. The molecule has 4 N–H and O–H groups in total. The second-order valence-corrected chi connectivity index (χ2v) is 8.56. The summed E-state index contributed by atoms with van der Waals surface area (Å²) in [7, 11) is 0. The fraction of sp³-hybridized carbons (Fsp3) is 0.900. The van der Waals surface area contributed by atoms with E-state index >= 15 is 0 Å². The van der Waals surface area contributed by atoms with E-state index in [2.05, 4.69) is 16.0 Å². The van der Waals surface area contributed by atoms with Crippen LogP contribution in [-0.2, 0) is 9.59 Å². The zero-order valence-electron chi connectivity index (χ0n) is 15.8. The maximum absolute atomic E-state index is 12.4. The van der Waals surface area contributed by atoms with Crippen molar-refractivity contribution in [3.8, 4) is 0 Å². The Labute approximate surface area is 156 Å². The third-order valence-corrected chi connectivity index (χ3v) is 6.50. The second kappa shape index (κ2) is 9.70. The van der Waals surface area contributed by atoms with Gasteiger partial charge in [0.1, 0.15) is 0 Å². The molecule has 0 aromatic carbocycles. The van der Waals surface area contributed by atoms with Crippen molar-refractivity contribution in [3.05, 3.63) is 0 Å². The Balaban J connectivity index is 1.31. The summed E-state index contributed by atoms with van der Waals surface area (Å²) in [4.78, 5) is 24.6. The molecular formula is C20H35N3O3. The first-order chi connectivity index (χ1) is 12.6. The van der Waals surface area contributed by atoms with Crippen LogP contribution in [0.1, 0.15) is 64.2 Å². The molecule has 3 aliphatic rings. The van der Waals surface area contributed by atoms with Crippen LogP contribution in [0.4, 0.5) is 0 Å². The molecule has 0 radical (unpaired) electrons. The van der Waals surface area contributed by atoms with Crippen LogP contribution in [0.5, 0.6) is 0 Å². The minimum atomic E-state index is -0.356. The average Bonchev–Trinajstić information content (AvgIpc) is 3.06. The number of aliphatic hydroxyl groups excluding tert-OH is 1. The predicted molar refractivity (Wildman–Crippen MR) is 100 cm³/mol. The highest BCUT2D eigenvalue weighted by atomic mass is 16.3. The summed E-state index contributed by atoms with van der Waals surface area (Å²) < 4.78 is 0. The lowest BCUT2D eigenvalue weighted by atomic mass is 9.84. The van der Waals surface area contributed by atoms with Crippen LogP contribution < -0.4 is 16.0 Å². The molecule has 0 bridgehead atoms. The summed E-state index contributed by atoms with van der Waals surface area (Å²) in [6.07, 6.45) is 10.0. The van der Waals surface area contributed by atoms with Crippen molar-refractivity contribution < 1.29 is 14.7 Å². The van der Waals surface area contributed by atoms with E-state index < -0.39 is 0 Å². The minimum Gasteiger partial charge on any atom is -0.391 e. The van der Waals surface area contributed by atoms with E-state index in [-0.39, 0.29) is 35.8 Å². The highest BCUT2D eigenvalue weighted by Gasteiger charge is 2.30. The van der Waals surface area contributed by atoms with Crippen LogP contribution in [0, 0.1) is 17.8 Å². The molecule has 0 spiro atoms. The number of nitrogens with one attached hydrogen (secondary N) is 3. The Hall–Kier alpha value is -1.14. The molecule has 2 aliphatic carbocycles. The molecule has 3 fully saturated rings. The molecule has 0 aromatic rings. The highest BCUT2D eigenvalue weighted by Crippen LogP contribution is 2.27. The van der Waals surface area contributed by atoms with Crippen molar-refractivity contribution in [2.45, 2.75) is 76.4 Å². The molecule has 1 heterocycles. The molecule has 0 aromatic heterocycles. The van der Waals surface area contributed by atoms with E-state index in [0.29, 0.717) is 25.4 Å². The number of carbonyl (C=O) groups excluding carboxylic acids is 2. The first-order valence-corrected chi connectivity index (χ1v) is 10.6. The summed E-state index contributed by atoms with van der Waals surface area (Å²) in [5.74, 6) is 1.05. The van der Waals surface area contributed by atoms with Crippen LogP contribution in [-0.4, -0.2) is 48.7 Å². The van der Waals surface area contributed by atoms with Gasteiger partial charge in [-0.1, -0.05) is 19.3 Å². The van der Waals surface area contributed by atoms with Crippen molar-refractivity contribution in [2.24, 2.45) is 17.8 Å². The van der Waals surface area contributed by atoms with Gasteiger partial charge >= 0.3 is 0 Å². The van der Waals surface area contributed by atoms with Crippen LogP contribution in [0.3, 0.4) is 0 Å². The molecule has 2 atom stereocenters. The number of hydrogen-bond acceptors (Lipinski definition) is 4. The quantitative estimate of drug-likeness (QED) is 0.572. The first kappa shape index (κ1) is 19.6. The monoisotopic (exact) mass is 365 g/mol. The van der Waals surface area contributed by atoms with Gasteiger partial charge in [0.05, 0.1) is 6.10 Å². The Bertz CT molecular complexity index is 471. The summed E-state index contributed by atoms with van der Waals surface area (Å²) in [6.45, 7) is 1.93. The number of amides is 2. The topological polar surface area (TPSA) is 90.5 Å². The van der Waals surface area contributed by atoms with E-state index in [9.17, 15) is 14.7 Å². The van der Waals surface area contributed by atoms with E-state index in [1.54, 1.807) is 0 Å². The zero-order valence-corrected chi connectivity index (χ0v) is 15.8. The SMILES string of the molecule is O=C(CC1CCCCC1)NC1CCC(C(=O)NC[C@H]2CNC[C@H]2O)CC1. The number of carbonyl (C=O) groups is 2. The Morgan fingerprint density at radius 1 is 0.962 bits per heavy atom. The van der Waals surface area contributed by atoms with Crippen LogP contribution >= 0.6 is 0 Å². The van der Waals surface area contributed by atoms with E-state index in [1.807, 2.05) is 0 Å². The smallest absolute Gasteiger partial charge is 0.223 e. The molecule has 26 heavy (non-hydrogen) atoms. The van der Waals surface area contributed by atoms with Gasteiger partial charge in [-0.15, -0.1) is 0 Å². The van der Waals surface area contributed by atoms with Gasteiger partial charge in [-0.25, -0.2) is 0 Å². The second-order valence-electron chi connectivity index (χ2n) is 8.56. The molecule has 2 amide bonds. The van der Waals surface area contributed by atoms with E-state index in [0.717, 1.165) is 32.2 Å². The third-order valence-electron chi connectivity index (χ3n) is 6.50. The van der Waals surface area contributed by atoms with Gasteiger partial charge in [0, 0.05) is 43.9 Å². The van der Waals surface area contributed by atoms with Crippen molar-refractivity contribution >= 4 is 11.8 Å². The van der Waals surface area contributed by atoms with Crippen molar-refractivity contribution in [2.75, 3.05) is 19.6 Å². The van der Waals surface area contributed by atoms with Crippen LogP contribution in [0.2, 0.25) is 0 Å². The zero-order chi connectivity index (χ0) is 18.4. The summed E-state index contributed by atoms with van der Waals surface area (Å²) in [5.41, 5.74) is 0. The molecule has 2 saturated carbocycles. The van der Waals surface area contributed by atoms with Crippen molar-refractivity contribution in [3.63, 3.8) is 0 Å². The Morgan fingerprint density at radius 2 is 1.69 bits per heavy atom. The normalized spacial score (nSPS) is 33.0. The summed E-state index contributed by atoms with van der Waals surface area (Å²) in [6, 6.07) is 0.232. The Morgan fingerprint density at radius 3 is 2.35 bits per heavy atom. The third kappa shape index (κ3) is 5.68. The van der Waals surface area contributed by atoms with Gasteiger partial charge in [0.25, 0.3) is 0 Å². The van der Waals surface area contributed by atoms with Gasteiger partial charge in [-0.3, -0.25) is 9.59 Å². The predicted octanol–water partition coefficient (Wildman–Crippen LogP) is 1.33. The van der Waals surface area contributed by atoms with Crippen molar-refractivity contribution in [1.82, 2.24) is 16.0 Å². The van der Waals surface area contributed by atoms with Crippen LogP contribution in [0.15, 0.2) is 0 Å². The number of rotatable bonds is 6. The standard InChI is InChI=1S/C20H35N3O3/c24-18-13-21-11-16(18)12-22-20(26)15-6-8-17(9-7-15)23-19(25)10-14-4-2-1-3-5-14/h14-18,21,24H,1-13H2,(H,22,26)(H,23,25)/t15?,16-,17?,18-/m1/s1. The maximum atomic E-state index is 12.4. The lowest BCUT2D eigenvalue weighted by Crippen LogP contribution is -2.42. The van der Waals surface area contributed by atoms with Crippen molar-refractivity contribution in [1.29, 1.82) is 0 Å². The molecule has 1 saturated heterocycles. The number of β-amino-alcohol motifs (C(OH)–C–C–N with tert-alkyl or cyclic N) is 1. The van der Waals surface area contributed by atoms with E-state index in [4.69, 9.17) is 0 Å². The van der Waals surface area contributed by atoms with Gasteiger partial charge in [-0.05, 0) is 44.4 Å². The molecule has 148 valence electrons. The maximum Gasteiger partial charge on any atom is 0.223 e. The summed E-state index contributed by atoms with van der Waals surface area (Å²) >= 11 is 0. The minimum absolute atomic E-state index is 0.0491. The lowest BCUT2D eigenvalue weighted by Gasteiger charge is -2.29. The van der Waals surface area contributed by atoms with Gasteiger partial charge in [0.2, 0.25) is 11.8 Å². The molecule has 0 unspecified atom stereocenters. The fourth-order valence-electron chi connectivity index (χ4n) is 4.74. The van der Waals surface area contributed by atoms with Gasteiger partial charge in [-0.2, -0.15) is 0 Å². The number of aliphatic hydroxyl groups is 1. The molecule has 6 heteroatoms. The molecular weight excluding hydrogens is 330 g/mol. The Kier molecular flexibility index (Phi) is 7.32. The first-order valence-electron chi connectivity index (χ1n) is 10.6. The molecule has 3 rings (SSSR count). The van der Waals surface area contributed by atoms with Gasteiger partial charge < -0.3 is 21.1 Å². The lowest BCUT2D eigenvalue weighted by molar-refractivity contribution is -0.126. The molecule has 1 aliphatic heterocycles. The van der Waals surface area contributed by atoms with Crippen LogP contribution in [0.25, 0.3) is 0 Å². The molecule has 6 nitrogen and oxygen atoms in total. The largest absolute Gasteiger partial charge is 0.391 e. The number of hydrogen-bond donors (Lipinski definition) is 4. The highest BCUT2D eigenvalue weighted by molar-refractivity contribution is 5.79. The van der Waals surface area contributed by atoms with E-state index in [1.165, 1.54) is 32.1 Å². The summed E-state index contributed by atoms with van der Waals surface area (Å²) in [5, 5.41) is 19.1.